The SMILES string of the molecule is CCOC(=O)c1cnc(SC)n(Cc2ccc(C(=O)OC)cc2)c1=O. The van der Waals surface area contributed by atoms with Crippen molar-refractivity contribution in [1.29, 1.82) is 0 Å². The standard InChI is InChI=1S/C17H18N2O5S/c1-4-24-16(22)13-9-18-17(25-3)19(14(13)20)10-11-5-7-12(8-6-11)15(21)23-2/h5-9H,4,10H2,1-3H3. The monoisotopic (exact) mass is 362 g/mol. The van der Waals surface area contributed by atoms with Crippen LogP contribution < -0.4 is 5.56 Å². The van der Waals surface area contributed by atoms with Crippen LogP contribution in [0.4, 0.5) is 0 Å². The highest BCUT2D eigenvalue weighted by Gasteiger charge is 2.17. The molecule has 25 heavy (non-hydrogen) atoms. The lowest BCUT2D eigenvalue weighted by Gasteiger charge is -2.12. The highest BCUT2D eigenvalue weighted by molar-refractivity contribution is 7.98. The van der Waals surface area contributed by atoms with E-state index in [4.69, 9.17) is 4.74 Å². The Morgan fingerprint density at radius 1 is 1.20 bits per heavy atom. The summed E-state index contributed by atoms with van der Waals surface area (Å²) in [7, 11) is 1.31. The molecule has 0 saturated heterocycles. The maximum absolute atomic E-state index is 12.6. The molecular formula is C17H18N2O5S. The van der Waals surface area contributed by atoms with Gasteiger partial charge in [0.25, 0.3) is 5.56 Å². The van der Waals surface area contributed by atoms with Gasteiger partial charge in [0.1, 0.15) is 5.56 Å². The predicted molar refractivity (Wildman–Crippen MR) is 93.1 cm³/mol. The fourth-order valence-electron chi connectivity index (χ4n) is 2.17. The molecule has 1 heterocycles. The van der Waals surface area contributed by atoms with Gasteiger partial charge in [-0.25, -0.2) is 14.6 Å². The molecule has 0 fully saturated rings. The van der Waals surface area contributed by atoms with E-state index in [2.05, 4.69) is 9.72 Å². The van der Waals surface area contributed by atoms with Crippen LogP contribution >= 0.6 is 11.8 Å². The molecule has 0 unspecified atom stereocenters. The Morgan fingerprint density at radius 2 is 1.88 bits per heavy atom. The van der Waals surface area contributed by atoms with Crippen molar-refractivity contribution in [3.8, 4) is 0 Å². The second-order valence-corrected chi connectivity index (χ2v) is 5.73. The van der Waals surface area contributed by atoms with Crippen LogP contribution in [0.3, 0.4) is 0 Å². The Balaban J connectivity index is 2.37. The van der Waals surface area contributed by atoms with Crippen molar-refractivity contribution in [2.24, 2.45) is 0 Å². The van der Waals surface area contributed by atoms with Crippen LogP contribution in [-0.4, -0.2) is 41.5 Å². The van der Waals surface area contributed by atoms with E-state index in [1.54, 1.807) is 37.4 Å². The third kappa shape index (κ3) is 4.27. The lowest BCUT2D eigenvalue weighted by Crippen LogP contribution is -2.29. The van der Waals surface area contributed by atoms with Crippen LogP contribution in [0.15, 0.2) is 40.4 Å². The first kappa shape index (κ1) is 18.7. The summed E-state index contributed by atoms with van der Waals surface area (Å²) in [4.78, 5) is 40.2. The molecule has 0 saturated carbocycles. The van der Waals surface area contributed by atoms with Crippen LogP contribution in [0.25, 0.3) is 0 Å². The van der Waals surface area contributed by atoms with Gasteiger partial charge in [0, 0.05) is 0 Å². The smallest absolute Gasteiger partial charge is 0.345 e. The number of benzene rings is 1. The topological polar surface area (TPSA) is 87.5 Å². The molecule has 0 aliphatic rings. The molecule has 0 amide bonds. The molecule has 1 aromatic heterocycles. The van der Waals surface area contributed by atoms with Crippen molar-refractivity contribution in [1.82, 2.24) is 9.55 Å². The van der Waals surface area contributed by atoms with Crippen molar-refractivity contribution in [3.05, 3.63) is 57.5 Å². The van der Waals surface area contributed by atoms with Gasteiger partial charge in [-0.15, -0.1) is 0 Å². The molecule has 0 bridgehead atoms. The van der Waals surface area contributed by atoms with Crippen LogP contribution in [0.5, 0.6) is 0 Å². The Labute approximate surface area is 149 Å². The Kier molecular flexibility index (Phi) is 6.35. The first-order valence-corrected chi connectivity index (χ1v) is 8.72. The number of thioether (sulfide) groups is 1. The number of hydrogen-bond acceptors (Lipinski definition) is 7. The Bertz CT molecular complexity index is 830. The van der Waals surface area contributed by atoms with Gasteiger partial charge in [0.15, 0.2) is 5.16 Å². The lowest BCUT2D eigenvalue weighted by molar-refractivity contribution is 0.0521. The van der Waals surface area contributed by atoms with Gasteiger partial charge in [0.05, 0.1) is 32.0 Å². The average molecular weight is 362 g/mol. The van der Waals surface area contributed by atoms with Crippen molar-refractivity contribution in [2.45, 2.75) is 18.6 Å². The molecule has 0 aliphatic heterocycles. The highest BCUT2D eigenvalue weighted by atomic mass is 32.2. The second kappa shape index (κ2) is 8.48. The van der Waals surface area contributed by atoms with Gasteiger partial charge in [-0.05, 0) is 30.9 Å². The molecule has 132 valence electrons. The van der Waals surface area contributed by atoms with Crippen molar-refractivity contribution in [2.75, 3.05) is 20.0 Å². The first-order valence-electron chi connectivity index (χ1n) is 7.50. The maximum atomic E-state index is 12.6. The van der Waals surface area contributed by atoms with Crippen molar-refractivity contribution >= 4 is 23.7 Å². The number of hydrogen-bond donors (Lipinski definition) is 0. The van der Waals surface area contributed by atoms with Gasteiger partial charge in [-0.2, -0.15) is 0 Å². The number of carbonyl (C=O) groups excluding carboxylic acids is 2. The van der Waals surface area contributed by atoms with E-state index in [0.717, 1.165) is 5.56 Å². The number of ether oxygens (including phenoxy) is 2. The second-order valence-electron chi connectivity index (χ2n) is 4.96. The maximum Gasteiger partial charge on any atom is 0.345 e. The van der Waals surface area contributed by atoms with E-state index in [1.165, 1.54) is 29.6 Å². The third-order valence-corrected chi connectivity index (χ3v) is 4.10. The number of nitrogens with zero attached hydrogens (tertiary/aromatic N) is 2. The molecule has 8 heteroatoms. The minimum atomic E-state index is -0.692. The number of carbonyl (C=O) groups is 2. The Hall–Kier alpha value is -2.61. The van der Waals surface area contributed by atoms with Gasteiger partial charge in [-0.3, -0.25) is 9.36 Å². The summed E-state index contributed by atoms with van der Waals surface area (Å²) in [6.45, 7) is 2.07. The molecule has 2 rings (SSSR count). The molecule has 0 atom stereocenters. The van der Waals surface area contributed by atoms with E-state index >= 15 is 0 Å². The summed E-state index contributed by atoms with van der Waals surface area (Å²) in [5.74, 6) is -1.12. The first-order chi connectivity index (χ1) is 12.0. The van der Waals surface area contributed by atoms with Gasteiger partial charge < -0.3 is 9.47 Å². The number of methoxy groups -OCH3 is 1. The molecule has 0 spiro atoms. The fraction of sp³-hybridized carbons (Fsp3) is 0.294. The van der Waals surface area contributed by atoms with Crippen LogP contribution in [0.1, 0.15) is 33.2 Å². The van der Waals surface area contributed by atoms with Gasteiger partial charge in [0.2, 0.25) is 0 Å². The van der Waals surface area contributed by atoms with E-state index in [9.17, 15) is 14.4 Å². The number of aromatic nitrogens is 2. The Morgan fingerprint density at radius 3 is 2.44 bits per heavy atom. The summed E-state index contributed by atoms with van der Waals surface area (Å²) in [5, 5.41) is 0.482. The van der Waals surface area contributed by atoms with Gasteiger partial charge in [-0.1, -0.05) is 23.9 Å². The molecular weight excluding hydrogens is 344 g/mol. The van der Waals surface area contributed by atoms with Crippen molar-refractivity contribution in [3.63, 3.8) is 0 Å². The summed E-state index contributed by atoms with van der Waals surface area (Å²) >= 11 is 1.30. The van der Waals surface area contributed by atoms with Crippen molar-refractivity contribution < 1.29 is 19.1 Å². The molecule has 2 aromatic rings. The van der Waals surface area contributed by atoms with E-state index in [1.807, 2.05) is 0 Å². The summed E-state index contributed by atoms with van der Waals surface area (Å²) < 4.78 is 11.0. The average Bonchev–Trinajstić information content (AvgIpc) is 2.63. The molecule has 7 nitrogen and oxygen atoms in total. The summed E-state index contributed by atoms with van der Waals surface area (Å²) in [6.07, 6.45) is 3.03. The molecule has 0 aliphatic carbocycles. The molecule has 0 N–H and O–H groups in total. The van der Waals surface area contributed by atoms with E-state index < -0.39 is 17.5 Å². The van der Waals surface area contributed by atoms with Crippen LogP contribution in [0.2, 0.25) is 0 Å². The highest BCUT2D eigenvalue weighted by Crippen LogP contribution is 2.13. The summed E-state index contributed by atoms with van der Waals surface area (Å²) in [5.41, 5.74) is 0.635. The molecule has 1 aromatic carbocycles. The zero-order valence-corrected chi connectivity index (χ0v) is 15.0. The number of rotatable bonds is 6. The minimum absolute atomic E-state index is 0.106. The predicted octanol–water partition coefficient (Wildman–Crippen LogP) is 1.98. The number of esters is 2. The van der Waals surface area contributed by atoms with Crippen LogP contribution in [0, 0.1) is 0 Å². The summed E-state index contributed by atoms with van der Waals surface area (Å²) in [6, 6.07) is 6.68. The van der Waals surface area contributed by atoms with Gasteiger partial charge >= 0.3 is 11.9 Å². The quantitative estimate of drug-likeness (QED) is 0.441. The largest absolute Gasteiger partial charge is 0.465 e. The van der Waals surface area contributed by atoms with E-state index in [-0.39, 0.29) is 18.7 Å². The fourth-order valence-corrected chi connectivity index (χ4v) is 2.70. The lowest BCUT2D eigenvalue weighted by atomic mass is 10.1. The van der Waals surface area contributed by atoms with E-state index in [0.29, 0.717) is 10.7 Å². The zero-order valence-electron chi connectivity index (χ0n) is 14.1. The zero-order chi connectivity index (χ0) is 18.4. The minimum Gasteiger partial charge on any atom is -0.465 e. The third-order valence-electron chi connectivity index (χ3n) is 3.40. The van der Waals surface area contributed by atoms with Crippen LogP contribution in [-0.2, 0) is 16.0 Å². The normalized spacial score (nSPS) is 10.4. The molecule has 0 radical (unpaired) electrons.